The number of amides is 2. The van der Waals surface area contributed by atoms with E-state index in [1.54, 1.807) is 25.3 Å². The number of nitrogens with one attached hydrogen (secondary N) is 2. The van der Waals surface area contributed by atoms with Gasteiger partial charge in [-0.3, -0.25) is 4.79 Å². The fourth-order valence-electron chi connectivity index (χ4n) is 2.12. The van der Waals surface area contributed by atoms with Gasteiger partial charge in [-0.05, 0) is 6.07 Å². The number of carbonyl (C=O) groups excluding carboxylic acids is 1. The molecule has 0 spiro atoms. The molecule has 0 aliphatic rings. The third-order valence-corrected chi connectivity index (χ3v) is 3.19. The zero-order valence-electron chi connectivity index (χ0n) is 12.8. The van der Waals surface area contributed by atoms with Crippen LogP contribution >= 0.6 is 0 Å². The summed E-state index contributed by atoms with van der Waals surface area (Å²) in [6.07, 6.45) is 5.27. The van der Waals surface area contributed by atoms with E-state index in [9.17, 15) is 9.59 Å². The summed E-state index contributed by atoms with van der Waals surface area (Å²) in [5.74, 6) is 2.40. The predicted octanol–water partition coefficient (Wildman–Crippen LogP) is 0.475. The number of ether oxygens (including phenoxy) is 1. The summed E-state index contributed by atoms with van der Waals surface area (Å²) in [5, 5.41) is 10.8. The van der Waals surface area contributed by atoms with Crippen molar-refractivity contribution in [1.29, 1.82) is 0 Å². The van der Waals surface area contributed by atoms with Gasteiger partial charge in [-0.15, -0.1) is 6.42 Å². The summed E-state index contributed by atoms with van der Waals surface area (Å²) in [4.78, 5) is 24.0. The summed E-state index contributed by atoms with van der Waals surface area (Å²) in [6, 6.07) is 6.77. The molecule has 0 fully saturated rings. The molecule has 7 nitrogen and oxygen atoms in total. The number of fused-ring (bicyclic) bond motifs is 1. The molecule has 0 unspecified atom stereocenters. The lowest BCUT2D eigenvalue weighted by molar-refractivity contribution is 0.196. The number of terminal acetylenes is 1. The van der Waals surface area contributed by atoms with Crippen molar-refractivity contribution in [3.63, 3.8) is 0 Å². The zero-order valence-corrected chi connectivity index (χ0v) is 12.8. The van der Waals surface area contributed by atoms with Gasteiger partial charge in [-0.25, -0.2) is 9.48 Å². The minimum atomic E-state index is -0.331. The molecule has 2 amide bonds. The molecule has 0 aliphatic heterocycles. The maximum Gasteiger partial charge on any atom is 0.315 e. The smallest absolute Gasteiger partial charge is 0.315 e. The van der Waals surface area contributed by atoms with Crippen molar-refractivity contribution in [3.05, 3.63) is 40.3 Å². The molecular formula is C16H18N4O3. The van der Waals surface area contributed by atoms with E-state index in [1.807, 2.05) is 6.07 Å². The summed E-state index contributed by atoms with van der Waals surface area (Å²) in [7, 11) is 1.56. The van der Waals surface area contributed by atoms with Crippen LogP contribution in [0.5, 0.6) is 0 Å². The van der Waals surface area contributed by atoms with E-state index >= 15 is 0 Å². The van der Waals surface area contributed by atoms with Crippen LogP contribution in [0.4, 0.5) is 4.79 Å². The summed E-state index contributed by atoms with van der Waals surface area (Å²) in [6.45, 7) is 1.11. The Morgan fingerprint density at radius 1 is 1.35 bits per heavy atom. The van der Waals surface area contributed by atoms with Crippen molar-refractivity contribution in [2.45, 2.75) is 13.1 Å². The normalized spacial score (nSPS) is 10.3. The van der Waals surface area contributed by atoms with Gasteiger partial charge in [0.25, 0.3) is 5.56 Å². The molecule has 0 saturated heterocycles. The number of urea groups is 1. The van der Waals surface area contributed by atoms with Crippen LogP contribution in [0.15, 0.2) is 29.1 Å². The Balaban J connectivity index is 2.23. The maximum absolute atomic E-state index is 12.3. The summed E-state index contributed by atoms with van der Waals surface area (Å²) >= 11 is 0. The predicted molar refractivity (Wildman–Crippen MR) is 87.0 cm³/mol. The molecular weight excluding hydrogens is 296 g/mol. The maximum atomic E-state index is 12.3. The van der Waals surface area contributed by atoms with E-state index in [-0.39, 0.29) is 24.7 Å². The lowest BCUT2D eigenvalue weighted by atomic mass is 10.1. The van der Waals surface area contributed by atoms with E-state index in [0.717, 1.165) is 0 Å². The van der Waals surface area contributed by atoms with Crippen molar-refractivity contribution >= 4 is 16.8 Å². The Bertz CT molecular complexity index is 792. The van der Waals surface area contributed by atoms with E-state index < -0.39 is 0 Å². The highest BCUT2D eigenvalue weighted by Gasteiger charge is 2.10. The van der Waals surface area contributed by atoms with E-state index in [2.05, 4.69) is 21.7 Å². The highest BCUT2D eigenvalue weighted by atomic mass is 16.5. The molecule has 2 aromatic rings. The topological polar surface area (TPSA) is 85.2 Å². The SMILES string of the molecule is C#CCn1nc(CNC(=O)NCCOC)c2ccccc2c1=O. The number of hydrogen-bond donors (Lipinski definition) is 2. The Kier molecular flexibility index (Phi) is 5.72. The number of rotatable bonds is 6. The van der Waals surface area contributed by atoms with Gasteiger partial charge in [-0.2, -0.15) is 5.10 Å². The van der Waals surface area contributed by atoms with Gasteiger partial charge in [0.1, 0.15) is 6.54 Å². The highest BCUT2D eigenvalue weighted by molar-refractivity contribution is 5.84. The molecule has 0 bridgehead atoms. The van der Waals surface area contributed by atoms with Crippen LogP contribution in [-0.4, -0.2) is 36.1 Å². The van der Waals surface area contributed by atoms with Crippen molar-refractivity contribution in [1.82, 2.24) is 20.4 Å². The van der Waals surface area contributed by atoms with E-state index in [1.165, 1.54) is 4.68 Å². The van der Waals surface area contributed by atoms with Crippen LogP contribution in [0.1, 0.15) is 5.69 Å². The number of nitrogens with zero attached hydrogens (tertiary/aromatic N) is 2. The van der Waals surface area contributed by atoms with Crippen LogP contribution in [-0.2, 0) is 17.8 Å². The van der Waals surface area contributed by atoms with Crippen molar-refractivity contribution < 1.29 is 9.53 Å². The standard InChI is InChI=1S/C16H18N4O3/c1-3-9-20-15(21)13-7-5-4-6-12(13)14(19-20)11-18-16(22)17-8-10-23-2/h1,4-7H,8-11H2,2H3,(H2,17,18,22). The Morgan fingerprint density at radius 2 is 2.09 bits per heavy atom. The number of aromatic nitrogens is 2. The summed E-state index contributed by atoms with van der Waals surface area (Å²) < 4.78 is 6.08. The number of benzene rings is 1. The van der Waals surface area contributed by atoms with Gasteiger partial charge >= 0.3 is 6.03 Å². The fourth-order valence-corrected chi connectivity index (χ4v) is 2.12. The van der Waals surface area contributed by atoms with Crippen LogP contribution in [0.25, 0.3) is 10.8 Å². The number of hydrogen-bond acceptors (Lipinski definition) is 4. The van der Waals surface area contributed by atoms with Crippen LogP contribution in [0.3, 0.4) is 0 Å². The molecule has 120 valence electrons. The van der Waals surface area contributed by atoms with Gasteiger partial charge < -0.3 is 15.4 Å². The van der Waals surface area contributed by atoms with Crippen LogP contribution < -0.4 is 16.2 Å². The minimum Gasteiger partial charge on any atom is -0.383 e. The number of carbonyl (C=O) groups is 1. The van der Waals surface area contributed by atoms with Crippen molar-refractivity contribution in [2.75, 3.05) is 20.3 Å². The van der Waals surface area contributed by atoms with Crippen molar-refractivity contribution in [3.8, 4) is 12.3 Å². The third-order valence-electron chi connectivity index (χ3n) is 3.19. The average Bonchev–Trinajstić information content (AvgIpc) is 2.57. The first-order valence-corrected chi connectivity index (χ1v) is 7.10. The second kappa shape index (κ2) is 7.96. The quantitative estimate of drug-likeness (QED) is 0.600. The van der Waals surface area contributed by atoms with E-state index in [0.29, 0.717) is 29.6 Å². The first kappa shape index (κ1) is 16.5. The third kappa shape index (κ3) is 4.08. The monoisotopic (exact) mass is 314 g/mol. The first-order valence-electron chi connectivity index (χ1n) is 7.10. The van der Waals surface area contributed by atoms with Gasteiger partial charge in [0.2, 0.25) is 0 Å². The molecule has 7 heteroatoms. The van der Waals surface area contributed by atoms with Crippen molar-refractivity contribution in [2.24, 2.45) is 0 Å². The Morgan fingerprint density at radius 3 is 2.78 bits per heavy atom. The molecule has 0 atom stereocenters. The summed E-state index contributed by atoms with van der Waals surface area (Å²) in [5.41, 5.74) is 0.337. The van der Waals surface area contributed by atoms with Gasteiger partial charge in [0.05, 0.1) is 24.2 Å². The van der Waals surface area contributed by atoms with Gasteiger partial charge in [0.15, 0.2) is 0 Å². The number of methoxy groups -OCH3 is 1. The fraction of sp³-hybridized carbons (Fsp3) is 0.312. The largest absolute Gasteiger partial charge is 0.383 e. The second-order valence-corrected chi connectivity index (χ2v) is 4.76. The molecule has 0 saturated carbocycles. The molecule has 0 aliphatic carbocycles. The van der Waals surface area contributed by atoms with Crippen LogP contribution in [0.2, 0.25) is 0 Å². The zero-order chi connectivity index (χ0) is 16.7. The molecule has 1 heterocycles. The molecule has 0 radical (unpaired) electrons. The second-order valence-electron chi connectivity index (χ2n) is 4.76. The first-order chi connectivity index (χ1) is 11.2. The van der Waals surface area contributed by atoms with Gasteiger partial charge in [0, 0.05) is 19.0 Å². The Hall–Kier alpha value is -2.85. The molecule has 2 rings (SSSR count). The molecule has 2 N–H and O–H groups in total. The van der Waals surface area contributed by atoms with Gasteiger partial charge in [-0.1, -0.05) is 24.1 Å². The minimum absolute atomic E-state index is 0.0801. The molecule has 1 aromatic carbocycles. The molecule has 1 aromatic heterocycles. The van der Waals surface area contributed by atoms with Crippen LogP contribution in [0, 0.1) is 12.3 Å². The average molecular weight is 314 g/mol. The molecule has 23 heavy (non-hydrogen) atoms. The lowest BCUT2D eigenvalue weighted by Crippen LogP contribution is -2.37. The van der Waals surface area contributed by atoms with E-state index in [4.69, 9.17) is 11.2 Å². The highest BCUT2D eigenvalue weighted by Crippen LogP contribution is 2.12. The lowest BCUT2D eigenvalue weighted by Gasteiger charge is -2.11. The Labute approximate surface area is 133 Å².